The van der Waals surface area contributed by atoms with Crippen LogP contribution >= 0.6 is 0 Å². The van der Waals surface area contributed by atoms with Crippen molar-refractivity contribution in [3.63, 3.8) is 0 Å². The molecule has 0 spiro atoms. The van der Waals surface area contributed by atoms with Crippen LogP contribution < -0.4 is 0 Å². The Morgan fingerprint density at radius 1 is 1.36 bits per heavy atom. The number of Topliss-reactive ketones (excluding diaryl/α,β-unsaturated/α-hetero) is 1. The Labute approximate surface area is 86.0 Å². The summed E-state index contributed by atoms with van der Waals surface area (Å²) in [7, 11) is 1.64. The molecule has 0 aromatic heterocycles. The Morgan fingerprint density at radius 2 is 2.00 bits per heavy atom. The van der Waals surface area contributed by atoms with Crippen molar-refractivity contribution in [3.05, 3.63) is 0 Å². The third kappa shape index (κ3) is 2.36. The zero-order valence-corrected chi connectivity index (χ0v) is 9.06. The molecule has 1 aliphatic rings. The van der Waals surface area contributed by atoms with Gasteiger partial charge in [0.05, 0.1) is 6.42 Å². The van der Waals surface area contributed by atoms with E-state index in [4.69, 9.17) is 4.74 Å². The van der Waals surface area contributed by atoms with Crippen LogP contribution in [0.3, 0.4) is 0 Å². The van der Waals surface area contributed by atoms with E-state index >= 15 is 0 Å². The highest BCUT2D eigenvalue weighted by atomic mass is 16.5. The molecule has 2 heteroatoms. The first-order valence-corrected chi connectivity index (χ1v) is 5.23. The highest BCUT2D eigenvalue weighted by molar-refractivity contribution is 5.89. The standard InChI is InChI=1S/C12H18O2/c1-3-4-8-11(13)12(14-2)9-6-5-7-10-12/h5-10H2,1-2H3. The largest absolute Gasteiger partial charge is 0.370 e. The van der Waals surface area contributed by atoms with Crippen LogP contribution in [0.2, 0.25) is 0 Å². The smallest absolute Gasteiger partial charge is 0.176 e. The van der Waals surface area contributed by atoms with Crippen LogP contribution in [0.4, 0.5) is 0 Å². The van der Waals surface area contributed by atoms with Gasteiger partial charge in [-0.05, 0) is 19.8 Å². The molecular formula is C12H18O2. The number of carbonyl (C=O) groups is 1. The highest BCUT2D eigenvalue weighted by Crippen LogP contribution is 2.32. The number of methoxy groups -OCH3 is 1. The fraction of sp³-hybridized carbons (Fsp3) is 0.750. The molecule has 0 atom stereocenters. The SMILES string of the molecule is CC#CCC(=O)C1(OC)CCCCC1. The van der Waals surface area contributed by atoms with E-state index in [1.54, 1.807) is 14.0 Å². The molecule has 0 N–H and O–H groups in total. The maximum atomic E-state index is 11.9. The molecule has 2 nitrogen and oxygen atoms in total. The molecule has 0 aliphatic heterocycles. The molecule has 0 unspecified atom stereocenters. The molecule has 0 amide bonds. The summed E-state index contributed by atoms with van der Waals surface area (Å²) >= 11 is 0. The molecule has 0 heterocycles. The van der Waals surface area contributed by atoms with Crippen molar-refractivity contribution in [1.29, 1.82) is 0 Å². The van der Waals surface area contributed by atoms with Crippen molar-refractivity contribution in [2.24, 2.45) is 0 Å². The van der Waals surface area contributed by atoms with Gasteiger partial charge in [0.2, 0.25) is 0 Å². The van der Waals surface area contributed by atoms with Crippen molar-refractivity contribution < 1.29 is 9.53 Å². The zero-order chi connectivity index (χ0) is 10.4. The quantitative estimate of drug-likeness (QED) is 0.644. The van der Waals surface area contributed by atoms with Gasteiger partial charge >= 0.3 is 0 Å². The second-order valence-electron chi connectivity index (χ2n) is 3.79. The number of ketones is 1. The maximum Gasteiger partial charge on any atom is 0.176 e. The van der Waals surface area contributed by atoms with Gasteiger partial charge in [-0.1, -0.05) is 25.2 Å². The summed E-state index contributed by atoms with van der Waals surface area (Å²) in [6.45, 7) is 1.76. The Kier molecular flexibility index (Phi) is 4.16. The molecule has 0 aromatic carbocycles. The van der Waals surface area contributed by atoms with Gasteiger partial charge in [-0.3, -0.25) is 4.79 Å². The van der Waals surface area contributed by atoms with Crippen LogP contribution in [0.25, 0.3) is 0 Å². The van der Waals surface area contributed by atoms with Crippen LogP contribution in [-0.4, -0.2) is 18.5 Å². The third-order valence-electron chi connectivity index (χ3n) is 2.99. The molecule has 0 saturated heterocycles. The minimum absolute atomic E-state index is 0.161. The van der Waals surface area contributed by atoms with Crippen LogP contribution in [0, 0.1) is 11.8 Å². The zero-order valence-electron chi connectivity index (χ0n) is 9.06. The van der Waals surface area contributed by atoms with E-state index in [-0.39, 0.29) is 5.78 Å². The van der Waals surface area contributed by atoms with Crippen molar-refractivity contribution in [1.82, 2.24) is 0 Å². The van der Waals surface area contributed by atoms with E-state index in [0.29, 0.717) is 6.42 Å². The van der Waals surface area contributed by atoms with Gasteiger partial charge in [0.25, 0.3) is 0 Å². The van der Waals surface area contributed by atoms with Gasteiger partial charge < -0.3 is 4.74 Å². The predicted molar refractivity (Wildman–Crippen MR) is 55.9 cm³/mol. The average Bonchev–Trinajstić information content (AvgIpc) is 2.26. The topological polar surface area (TPSA) is 26.3 Å². The van der Waals surface area contributed by atoms with Crippen LogP contribution in [-0.2, 0) is 9.53 Å². The molecule has 0 radical (unpaired) electrons. The van der Waals surface area contributed by atoms with Gasteiger partial charge in [-0.15, -0.1) is 5.92 Å². The maximum absolute atomic E-state index is 11.9. The summed E-state index contributed by atoms with van der Waals surface area (Å²) in [5.74, 6) is 5.74. The molecular weight excluding hydrogens is 176 g/mol. The summed E-state index contributed by atoms with van der Waals surface area (Å²) in [6, 6.07) is 0. The lowest BCUT2D eigenvalue weighted by molar-refractivity contribution is -0.143. The van der Waals surface area contributed by atoms with Gasteiger partial charge in [-0.25, -0.2) is 0 Å². The monoisotopic (exact) mass is 194 g/mol. The lowest BCUT2D eigenvalue weighted by Gasteiger charge is -2.33. The Bertz CT molecular complexity index is 251. The van der Waals surface area contributed by atoms with Crippen LogP contribution in [0.5, 0.6) is 0 Å². The van der Waals surface area contributed by atoms with Gasteiger partial charge in [-0.2, -0.15) is 0 Å². The lowest BCUT2D eigenvalue weighted by atomic mass is 9.80. The third-order valence-corrected chi connectivity index (χ3v) is 2.99. The molecule has 78 valence electrons. The normalized spacial score (nSPS) is 19.6. The van der Waals surface area contributed by atoms with E-state index in [1.807, 2.05) is 0 Å². The minimum Gasteiger partial charge on any atom is -0.370 e. The molecule has 0 aromatic rings. The second-order valence-corrected chi connectivity index (χ2v) is 3.79. The van der Waals surface area contributed by atoms with Crippen LogP contribution in [0.1, 0.15) is 45.4 Å². The number of hydrogen-bond donors (Lipinski definition) is 0. The minimum atomic E-state index is -0.512. The van der Waals surface area contributed by atoms with Gasteiger partial charge in [0, 0.05) is 7.11 Å². The number of rotatable bonds is 3. The van der Waals surface area contributed by atoms with Crippen molar-refractivity contribution in [3.8, 4) is 11.8 Å². The van der Waals surface area contributed by atoms with E-state index < -0.39 is 5.60 Å². The summed E-state index contributed by atoms with van der Waals surface area (Å²) < 4.78 is 5.42. The number of hydrogen-bond acceptors (Lipinski definition) is 2. The molecule has 1 saturated carbocycles. The Morgan fingerprint density at radius 3 is 2.50 bits per heavy atom. The summed E-state index contributed by atoms with van der Waals surface area (Å²) in [5, 5.41) is 0. The molecule has 1 fully saturated rings. The highest BCUT2D eigenvalue weighted by Gasteiger charge is 2.38. The van der Waals surface area contributed by atoms with Crippen molar-refractivity contribution >= 4 is 5.78 Å². The molecule has 1 aliphatic carbocycles. The second kappa shape index (κ2) is 5.17. The first-order chi connectivity index (χ1) is 6.75. The Balaban J connectivity index is 2.65. The van der Waals surface area contributed by atoms with E-state index in [1.165, 1.54) is 6.42 Å². The van der Waals surface area contributed by atoms with Gasteiger partial charge in [0.1, 0.15) is 5.60 Å². The lowest BCUT2D eigenvalue weighted by Crippen LogP contribution is -2.42. The summed E-state index contributed by atoms with van der Waals surface area (Å²) in [4.78, 5) is 11.9. The number of carbonyl (C=O) groups excluding carboxylic acids is 1. The van der Waals surface area contributed by atoms with E-state index in [0.717, 1.165) is 25.7 Å². The first kappa shape index (κ1) is 11.3. The fourth-order valence-corrected chi connectivity index (χ4v) is 2.05. The summed E-state index contributed by atoms with van der Waals surface area (Å²) in [6.07, 6.45) is 5.49. The first-order valence-electron chi connectivity index (χ1n) is 5.23. The molecule has 14 heavy (non-hydrogen) atoms. The summed E-state index contributed by atoms with van der Waals surface area (Å²) in [5.41, 5.74) is -0.512. The number of ether oxygens (including phenoxy) is 1. The van der Waals surface area contributed by atoms with Crippen LogP contribution in [0.15, 0.2) is 0 Å². The van der Waals surface area contributed by atoms with E-state index in [9.17, 15) is 4.79 Å². The predicted octanol–water partition coefficient (Wildman–Crippen LogP) is 2.32. The van der Waals surface area contributed by atoms with Gasteiger partial charge in [0.15, 0.2) is 5.78 Å². The Hall–Kier alpha value is -0.810. The molecule has 1 rings (SSSR count). The molecule has 0 bridgehead atoms. The fourth-order valence-electron chi connectivity index (χ4n) is 2.05. The van der Waals surface area contributed by atoms with E-state index in [2.05, 4.69) is 11.8 Å². The average molecular weight is 194 g/mol. The van der Waals surface area contributed by atoms with Crippen molar-refractivity contribution in [2.75, 3.05) is 7.11 Å². The van der Waals surface area contributed by atoms with Crippen molar-refractivity contribution in [2.45, 2.75) is 51.0 Å².